The third-order valence-electron chi connectivity index (χ3n) is 4.73. The largest absolute Gasteiger partial charge is 0.368 e. The topological polar surface area (TPSA) is 101 Å². The molecule has 0 heterocycles. The van der Waals surface area contributed by atoms with Crippen molar-refractivity contribution in [1.82, 2.24) is 5.32 Å². The maximum Gasteiger partial charge on any atom is 0.254 e. The van der Waals surface area contributed by atoms with Gasteiger partial charge in [0.15, 0.2) is 0 Å². The van der Waals surface area contributed by atoms with E-state index < -0.39 is 23.8 Å². The summed E-state index contributed by atoms with van der Waals surface area (Å²) in [4.78, 5) is 37.0. The van der Waals surface area contributed by atoms with Crippen molar-refractivity contribution in [3.8, 4) is 0 Å². The number of amides is 3. The average molecular weight is 401 g/mol. The number of hydrogen-bond acceptors (Lipinski definition) is 3. The molecule has 0 saturated heterocycles. The Hall–Kier alpha value is -3.93. The van der Waals surface area contributed by atoms with Crippen molar-refractivity contribution in [2.75, 3.05) is 5.32 Å². The van der Waals surface area contributed by atoms with E-state index in [-0.39, 0.29) is 11.5 Å². The van der Waals surface area contributed by atoms with Gasteiger partial charge in [-0.3, -0.25) is 14.4 Å². The number of hydrogen-bond donors (Lipinski definition) is 3. The van der Waals surface area contributed by atoms with Crippen LogP contribution in [0.25, 0.3) is 0 Å². The third kappa shape index (κ3) is 4.91. The molecule has 0 bridgehead atoms. The average Bonchev–Trinajstić information content (AvgIpc) is 2.74. The molecule has 4 N–H and O–H groups in total. The lowest BCUT2D eigenvalue weighted by molar-refractivity contribution is -0.120. The van der Waals surface area contributed by atoms with Crippen LogP contribution in [0.2, 0.25) is 0 Å². The van der Waals surface area contributed by atoms with Crippen LogP contribution in [0.1, 0.15) is 34.3 Å². The van der Waals surface area contributed by atoms with Crippen LogP contribution >= 0.6 is 0 Å². The first kappa shape index (κ1) is 20.8. The van der Waals surface area contributed by atoms with Crippen LogP contribution in [0.3, 0.4) is 0 Å². The predicted octanol–water partition coefficient (Wildman–Crippen LogP) is 3.06. The minimum Gasteiger partial charge on any atom is -0.368 e. The zero-order valence-corrected chi connectivity index (χ0v) is 16.5. The molecule has 0 unspecified atom stereocenters. The van der Waals surface area contributed by atoms with Crippen LogP contribution in [-0.4, -0.2) is 23.8 Å². The maximum atomic E-state index is 13.1. The van der Waals surface area contributed by atoms with Crippen molar-refractivity contribution in [3.05, 3.63) is 102 Å². The number of para-hydroxylation sites is 1. The SMILES string of the molecule is CC(=O)Nc1ccccc1C(=O)N[C@H](C(N)=O)C(c1ccccc1)c1ccccc1. The van der Waals surface area contributed by atoms with E-state index in [9.17, 15) is 14.4 Å². The van der Waals surface area contributed by atoms with E-state index in [1.54, 1.807) is 24.3 Å². The fraction of sp³-hybridized carbons (Fsp3) is 0.125. The summed E-state index contributed by atoms with van der Waals surface area (Å²) < 4.78 is 0. The molecule has 30 heavy (non-hydrogen) atoms. The zero-order chi connectivity index (χ0) is 21.5. The summed E-state index contributed by atoms with van der Waals surface area (Å²) in [5.74, 6) is -1.92. The van der Waals surface area contributed by atoms with E-state index in [1.807, 2.05) is 60.7 Å². The minimum atomic E-state index is -0.993. The van der Waals surface area contributed by atoms with Gasteiger partial charge in [0.1, 0.15) is 6.04 Å². The predicted molar refractivity (Wildman–Crippen MR) is 116 cm³/mol. The Labute approximate surface area is 175 Å². The van der Waals surface area contributed by atoms with Gasteiger partial charge < -0.3 is 16.4 Å². The van der Waals surface area contributed by atoms with E-state index in [0.29, 0.717) is 5.69 Å². The summed E-state index contributed by atoms with van der Waals surface area (Å²) in [7, 11) is 0. The molecule has 152 valence electrons. The number of benzene rings is 3. The van der Waals surface area contributed by atoms with E-state index in [2.05, 4.69) is 10.6 Å². The molecule has 0 aliphatic heterocycles. The highest BCUT2D eigenvalue weighted by Crippen LogP contribution is 2.28. The molecule has 0 aliphatic carbocycles. The van der Waals surface area contributed by atoms with Gasteiger partial charge in [-0.1, -0.05) is 72.8 Å². The lowest BCUT2D eigenvalue weighted by Gasteiger charge is -2.27. The zero-order valence-electron chi connectivity index (χ0n) is 16.5. The van der Waals surface area contributed by atoms with E-state index in [0.717, 1.165) is 11.1 Å². The monoisotopic (exact) mass is 401 g/mol. The molecule has 3 aromatic carbocycles. The van der Waals surface area contributed by atoms with Gasteiger partial charge in [-0.2, -0.15) is 0 Å². The Morgan fingerprint density at radius 1 is 0.767 bits per heavy atom. The van der Waals surface area contributed by atoms with Gasteiger partial charge in [0.05, 0.1) is 11.3 Å². The first-order valence-corrected chi connectivity index (χ1v) is 9.54. The van der Waals surface area contributed by atoms with E-state index in [4.69, 9.17) is 5.73 Å². The Balaban J connectivity index is 1.99. The summed E-state index contributed by atoms with van der Waals surface area (Å²) >= 11 is 0. The molecule has 0 saturated carbocycles. The Morgan fingerprint density at radius 2 is 1.27 bits per heavy atom. The molecule has 0 radical (unpaired) electrons. The van der Waals surface area contributed by atoms with Crippen molar-refractivity contribution in [1.29, 1.82) is 0 Å². The van der Waals surface area contributed by atoms with Crippen LogP contribution in [-0.2, 0) is 9.59 Å². The van der Waals surface area contributed by atoms with Gasteiger partial charge in [0.2, 0.25) is 11.8 Å². The van der Waals surface area contributed by atoms with E-state index in [1.165, 1.54) is 6.92 Å². The molecule has 6 nitrogen and oxygen atoms in total. The summed E-state index contributed by atoms with van der Waals surface area (Å²) in [6.45, 7) is 1.36. The number of anilines is 1. The quantitative estimate of drug-likeness (QED) is 0.567. The molecule has 0 fully saturated rings. The fourth-order valence-corrected chi connectivity index (χ4v) is 3.42. The van der Waals surface area contributed by atoms with Gasteiger partial charge in [0, 0.05) is 12.8 Å². The van der Waals surface area contributed by atoms with Crippen molar-refractivity contribution < 1.29 is 14.4 Å². The smallest absolute Gasteiger partial charge is 0.254 e. The highest BCUT2D eigenvalue weighted by molar-refractivity contribution is 6.04. The number of carbonyl (C=O) groups excluding carboxylic acids is 3. The Kier molecular flexibility index (Phi) is 6.60. The molecule has 0 aromatic heterocycles. The second-order valence-corrected chi connectivity index (χ2v) is 6.88. The molecule has 0 spiro atoms. The second-order valence-electron chi connectivity index (χ2n) is 6.88. The molecule has 6 heteroatoms. The first-order chi connectivity index (χ1) is 14.5. The lowest BCUT2D eigenvalue weighted by atomic mass is 9.84. The highest BCUT2D eigenvalue weighted by Gasteiger charge is 2.31. The standard InChI is InChI=1S/C24H23N3O3/c1-16(28)26-20-15-9-8-14-19(20)24(30)27-22(23(25)29)21(17-10-4-2-5-11-17)18-12-6-3-7-13-18/h2-15,21-22H,1H3,(H2,25,29)(H,26,28)(H,27,30)/t22-/m0/s1. The molecular weight excluding hydrogens is 378 g/mol. The van der Waals surface area contributed by atoms with Crippen molar-refractivity contribution in [3.63, 3.8) is 0 Å². The van der Waals surface area contributed by atoms with Crippen molar-refractivity contribution in [2.24, 2.45) is 5.73 Å². The first-order valence-electron chi connectivity index (χ1n) is 9.54. The number of nitrogens with one attached hydrogen (secondary N) is 2. The Bertz CT molecular complexity index is 996. The van der Waals surface area contributed by atoms with Gasteiger partial charge in [0.25, 0.3) is 5.91 Å². The van der Waals surface area contributed by atoms with Crippen LogP contribution in [0.4, 0.5) is 5.69 Å². The van der Waals surface area contributed by atoms with Crippen molar-refractivity contribution >= 4 is 23.4 Å². The van der Waals surface area contributed by atoms with Crippen LogP contribution in [0.5, 0.6) is 0 Å². The fourth-order valence-electron chi connectivity index (χ4n) is 3.42. The van der Waals surface area contributed by atoms with Crippen LogP contribution in [0.15, 0.2) is 84.9 Å². The highest BCUT2D eigenvalue weighted by atomic mass is 16.2. The molecule has 3 aromatic rings. The molecular formula is C24H23N3O3. The molecule has 3 rings (SSSR count). The third-order valence-corrected chi connectivity index (χ3v) is 4.73. The molecule has 1 atom stereocenters. The number of carbonyl (C=O) groups is 3. The number of primary amides is 1. The Morgan fingerprint density at radius 3 is 1.77 bits per heavy atom. The van der Waals surface area contributed by atoms with Gasteiger partial charge in [-0.05, 0) is 23.3 Å². The lowest BCUT2D eigenvalue weighted by Crippen LogP contribution is -2.48. The minimum absolute atomic E-state index is 0.249. The summed E-state index contributed by atoms with van der Waals surface area (Å²) in [5.41, 5.74) is 8.05. The van der Waals surface area contributed by atoms with Crippen molar-refractivity contribution in [2.45, 2.75) is 18.9 Å². The molecule has 3 amide bonds. The summed E-state index contributed by atoms with van der Waals surface area (Å²) in [6, 6.07) is 24.4. The second kappa shape index (κ2) is 9.52. The van der Waals surface area contributed by atoms with Crippen LogP contribution < -0.4 is 16.4 Å². The van der Waals surface area contributed by atoms with E-state index >= 15 is 0 Å². The van der Waals surface area contributed by atoms with Gasteiger partial charge >= 0.3 is 0 Å². The van der Waals surface area contributed by atoms with Gasteiger partial charge in [-0.25, -0.2) is 0 Å². The normalized spacial score (nSPS) is 11.5. The number of nitrogens with two attached hydrogens (primary N) is 1. The molecule has 0 aliphatic rings. The summed E-state index contributed by atoms with van der Waals surface area (Å²) in [5, 5.41) is 5.41. The summed E-state index contributed by atoms with van der Waals surface area (Å²) in [6.07, 6.45) is 0. The number of rotatable bonds is 7. The maximum absolute atomic E-state index is 13.1. The van der Waals surface area contributed by atoms with Crippen LogP contribution in [0, 0.1) is 0 Å². The van der Waals surface area contributed by atoms with Gasteiger partial charge in [-0.15, -0.1) is 0 Å².